The third-order valence-corrected chi connectivity index (χ3v) is 4.00. The van der Waals surface area contributed by atoms with E-state index in [-0.39, 0.29) is 0 Å². The average Bonchev–Trinajstić information content (AvgIpc) is 2.45. The zero-order valence-electron chi connectivity index (χ0n) is 13.8. The first-order valence-electron chi connectivity index (χ1n) is 7.91. The van der Waals surface area contributed by atoms with E-state index in [9.17, 15) is 0 Å². The molecule has 0 bridgehead atoms. The first-order chi connectivity index (χ1) is 10.1. The summed E-state index contributed by atoms with van der Waals surface area (Å²) in [6.07, 6.45) is 1.23. The largest absolute Gasteiger partial charge is 0.311 e. The highest BCUT2D eigenvalue weighted by Gasteiger charge is 2.12. The second kappa shape index (κ2) is 7.58. The minimum absolute atomic E-state index is 0.602. The van der Waals surface area contributed by atoms with Crippen molar-refractivity contribution in [3.05, 3.63) is 48.0 Å². The molecule has 0 aliphatic heterocycles. The molecule has 2 aromatic carbocycles. The molecule has 0 radical (unpaired) electrons. The fourth-order valence-corrected chi connectivity index (χ4v) is 2.75. The van der Waals surface area contributed by atoms with E-state index in [4.69, 9.17) is 0 Å². The number of likely N-dealkylation sites (N-methyl/N-ethyl adjacent to an activating group) is 1. The van der Waals surface area contributed by atoms with Crippen molar-refractivity contribution in [2.75, 3.05) is 20.6 Å². The predicted molar refractivity (Wildman–Crippen MR) is 92.6 cm³/mol. The van der Waals surface area contributed by atoms with E-state index in [0.29, 0.717) is 6.04 Å². The Morgan fingerprint density at radius 3 is 2.38 bits per heavy atom. The molecule has 1 N–H and O–H groups in total. The number of fused-ring (bicyclic) bond motifs is 1. The maximum atomic E-state index is 3.61. The molecule has 2 nitrogen and oxygen atoms in total. The molecule has 0 fully saturated rings. The van der Waals surface area contributed by atoms with E-state index >= 15 is 0 Å². The van der Waals surface area contributed by atoms with E-state index in [1.54, 1.807) is 0 Å². The molecule has 0 aromatic heterocycles. The Bertz CT molecular complexity index is 560. The van der Waals surface area contributed by atoms with E-state index < -0.39 is 0 Å². The highest BCUT2D eigenvalue weighted by Crippen LogP contribution is 2.15. The minimum Gasteiger partial charge on any atom is -0.311 e. The van der Waals surface area contributed by atoms with Gasteiger partial charge in [0.2, 0.25) is 0 Å². The van der Waals surface area contributed by atoms with Crippen LogP contribution in [0.4, 0.5) is 0 Å². The third kappa shape index (κ3) is 4.83. The number of benzene rings is 2. The third-order valence-electron chi connectivity index (χ3n) is 4.00. The van der Waals surface area contributed by atoms with Crippen LogP contribution >= 0.6 is 0 Å². The number of hydrogen-bond acceptors (Lipinski definition) is 2. The van der Waals surface area contributed by atoms with Gasteiger partial charge in [-0.1, -0.05) is 50.2 Å². The Hall–Kier alpha value is -1.38. The first-order valence-corrected chi connectivity index (χ1v) is 7.91. The SMILES string of the molecule is CC(C)CC(CNCc1ccc2ccccc2c1)N(C)C. The molecule has 0 saturated carbocycles. The van der Waals surface area contributed by atoms with Crippen LogP contribution in [0.3, 0.4) is 0 Å². The van der Waals surface area contributed by atoms with Gasteiger partial charge in [0.1, 0.15) is 0 Å². The van der Waals surface area contributed by atoms with Crippen molar-refractivity contribution in [3.63, 3.8) is 0 Å². The summed E-state index contributed by atoms with van der Waals surface area (Å²) in [4.78, 5) is 2.33. The van der Waals surface area contributed by atoms with Gasteiger partial charge in [-0.05, 0) is 48.8 Å². The number of nitrogens with zero attached hydrogens (tertiary/aromatic N) is 1. The summed E-state index contributed by atoms with van der Waals surface area (Å²) in [5.74, 6) is 0.736. The lowest BCUT2D eigenvalue weighted by Gasteiger charge is -2.26. The number of rotatable bonds is 7. The van der Waals surface area contributed by atoms with Crippen LogP contribution in [0.2, 0.25) is 0 Å². The van der Waals surface area contributed by atoms with E-state index in [1.165, 1.54) is 22.8 Å². The quantitative estimate of drug-likeness (QED) is 0.829. The van der Waals surface area contributed by atoms with Crippen LogP contribution in [-0.4, -0.2) is 31.6 Å². The first kappa shape index (κ1) is 16.0. The van der Waals surface area contributed by atoms with Gasteiger partial charge in [-0.25, -0.2) is 0 Å². The van der Waals surface area contributed by atoms with Crippen molar-refractivity contribution < 1.29 is 0 Å². The van der Waals surface area contributed by atoms with Crippen molar-refractivity contribution in [2.24, 2.45) is 5.92 Å². The number of nitrogens with one attached hydrogen (secondary N) is 1. The molecule has 1 unspecified atom stereocenters. The van der Waals surface area contributed by atoms with Gasteiger partial charge < -0.3 is 10.2 Å². The Labute approximate surface area is 129 Å². The van der Waals surface area contributed by atoms with Gasteiger partial charge in [0.05, 0.1) is 0 Å². The monoisotopic (exact) mass is 284 g/mol. The molecule has 21 heavy (non-hydrogen) atoms. The van der Waals surface area contributed by atoms with Crippen molar-refractivity contribution in [1.29, 1.82) is 0 Å². The van der Waals surface area contributed by atoms with Crippen LogP contribution < -0.4 is 5.32 Å². The Balaban J connectivity index is 1.91. The highest BCUT2D eigenvalue weighted by atomic mass is 15.1. The molecule has 0 heterocycles. The lowest BCUT2D eigenvalue weighted by atomic mass is 10.0. The standard InChI is InChI=1S/C19H28N2/c1-15(2)11-19(21(3)4)14-20-13-16-9-10-17-7-5-6-8-18(17)12-16/h5-10,12,15,19-20H,11,13-14H2,1-4H3. The minimum atomic E-state index is 0.602. The van der Waals surface area contributed by atoms with Crippen LogP contribution in [0.15, 0.2) is 42.5 Å². The second-order valence-corrected chi connectivity index (χ2v) is 6.56. The summed E-state index contributed by atoms with van der Waals surface area (Å²) in [7, 11) is 4.34. The molecule has 0 amide bonds. The molecule has 0 aliphatic rings. The molecule has 114 valence electrons. The zero-order chi connectivity index (χ0) is 15.2. The summed E-state index contributed by atoms with van der Waals surface area (Å²) in [6, 6.07) is 15.9. The van der Waals surface area contributed by atoms with Crippen molar-refractivity contribution in [3.8, 4) is 0 Å². The Morgan fingerprint density at radius 1 is 1.00 bits per heavy atom. The van der Waals surface area contributed by atoms with Gasteiger partial charge in [0.15, 0.2) is 0 Å². The maximum Gasteiger partial charge on any atom is 0.0217 e. The van der Waals surface area contributed by atoms with Crippen LogP contribution in [0.5, 0.6) is 0 Å². The highest BCUT2D eigenvalue weighted by molar-refractivity contribution is 5.82. The van der Waals surface area contributed by atoms with Crippen molar-refractivity contribution in [1.82, 2.24) is 10.2 Å². The molecule has 1 atom stereocenters. The summed E-state index contributed by atoms with van der Waals surface area (Å²) in [5.41, 5.74) is 1.36. The van der Waals surface area contributed by atoms with Gasteiger partial charge >= 0.3 is 0 Å². The molecule has 2 aromatic rings. The summed E-state index contributed by atoms with van der Waals surface area (Å²) >= 11 is 0. The van der Waals surface area contributed by atoms with Gasteiger partial charge in [-0.2, -0.15) is 0 Å². The second-order valence-electron chi connectivity index (χ2n) is 6.56. The molecule has 0 aliphatic carbocycles. The smallest absolute Gasteiger partial charge is 0.0217 e. The fourth-order valence-electron chi connectivity index (χ4n) is 2.75. The maximum absolute atomic E-state index is 3.61. The van der Waals surface area contributed by atoms with Crippen molar-refractivity contribution in [2.45, 2.75) is 32.9 Å². The Morgan fingerprint density at radius 2 is 1.71 bits per heavy atom. The van der Waals surface area contributed by atoms with Gasteiger partial charge in [-0.3, -0.25) is 0 Å². The molecular formula is C19H28N2. The van der Waals surface area contributed by atoms with Gasteiger partial charge in [0, 0.05) is 19.1 Å². The lowest BCUT2D eigenvalue weighted by Crippen LogP contribution is -2.38. The van der Waals surface area contributed by atoms with Gasteiger partial charge in [0.25, 0.3) is 0 Å². The van der Waals surface area contributed by atoms with Crippen LogP contribution in [0, 0.1) is 5.92 Å². The zero-order valence-corrected chi connectivity index (χ0v) is 13.8. The van der Waals surface area contributed by atoms with Crippen LogP contribution in [-0.2, 0) is 6.54 Å². The van der Waals surface area contributed by atoms with E-state index in [1.807, 2.05) is 0 Å². The summed E-state index contributed by atoms with van der Waals surface area (Å²) < 4.78 is 0. The fraction of sp³-hybridized carbons (Fsp3) is 0.474. The molecular weight excluding hydrogens is 256 g/mol. The lowest BCUT2D eigenvalue weighted by molar-refractivity contribution is 0.246. The molecule has 2 heteroatoms. The predicted octanol–water partition coefficient (Wildman–Crippen LogP) is 3.91. The average molecular weight is 284 g/mol. The van der Waals surface area contributed by atoms with Crippen molar-refractivity contribution >= 4 is 10.8 Å². The summed E-state index contributed by atoms with van der Waals surface area (Å²) in [5, 5.41) is 6.25. The normalized spacial score (nSPS) is 13.2. The summed E-state index contributed by atoms with van der Waals surface area (Å²) in [6.45, 7) is 6.56. The molecule has 2 rings (SSSR count). The Kier molecular flexibility index (Phi) is 5.77. The van der Waals surface area contributed by atoms with E-state index in [0.717, 1.165) is 19.0 Å². The molecule has 0 spiro atoms. The number of hydrogen-bond donors (Lipinski definition) is 1. The van der Waals surface area contributed by atoms with E-state index in [2.05, 4.69) is 80.6 Å². The van der Waals surface area contributed by atoms with Crippen LogP contribution in [0.25, 0.3) is 10.8 Å². The topological polar surface area (TPSA) is 15.3 Å². The molecule has 0 saturated heterocycles. The van der Waals surface area contributed by atoms with Crippen LogP contribution in [0.1, 0.15) is 25.8 Å². The van der Waals surface area contributed by atoms with Gasteiger partial charge in [-0.15, -0.1) is 0 Å².